The number of hydrogen-bond donors (Lipinski definition) is 1. The van der Waals surface area contributed by atoms with Crippen molar-refractivity contribution in [3.8, 4) is 11.5 Å². The summed E-state index contributed by atoms with van der Waals surface area (Å²) in [5.41, 5.74) is 3.12. The predicted octanol–water partition coefficient (Wildman–Crippen LogP) is 4.84. The van der Waals surface area contributed by atoms with Crippen molar-refractivity contribution in [3.63, 3.8) is 0 Å². The highest BCUT2D eigenvalue weighted by atomic mass is 16.5. The summed E-state index contributed by atoms with van der Waals surface area (Å²) in [6.07, 6.45) is 0.709. The SMILES string of the molecule is CCC(C)(C)NC(=O)[C@@H](c1ccc(OC)c(OC)c1)N(C(=O)Cn1nnc2ccccc21)c1ccc(C)cc1. The van der Waals surface area contributed by atoms with E-state index in [2.05, 4.69) is 15.6 Å². The lowest BCUT2D eigenvalue weighted by Crippen LogP contribution is -2.51. The number of hydrogen-bond acceptors (Lipinski definition) is 6. The third-order valence-corrected chi connectivity index (χ3v) is 6.86. The fraction of sp³-hybridized carbons (Fsp3) is 0.333. The lowest BCUT2D eigenvalue weighted by Gasteiger charge is -2.35. The number of nitrogens with zero attached hydrogens (tertiary/aromatic N) is 4. The molecule has 3 aromatic carbocycles. The van der Waals surface area contributed by atoms with Gasteiger partial charge in [0.1, 0.15) is 18.1 Å². The third-order valence-electron chi connectivity index (χ3n) is 6.86. The second kappa shape index (κ2) is 11.6. The molecule has 0 aliphatic carbocycles. The summed E-state index contributed by atoms with van der Waals surface area (Å²) in [7, 11) is 3.09. The monoisotopic (exact) mass is 529 g/mol. The van der Waals surface area contributed by atoms with E-state index < -0.39 is 11.6 Å². The Morgan fingerprint density at radius 2 is 1.69 bits per heavy atom. The fourth-order valence-corrected chi connectivity index (χ4v) is 4.31. The van der Waals surface area contributed by atoms with Gasteiger partial charge >= 0.3 is 0 Å². The van der Waals surface area contributed by atoms with Gasteiger partial charge in [-0.05, 0) is 69.2 Å². The van der Waals surface area contributed by atoms with E-state index in [1.165, 1.54) is 12.0 Å². The van der Waals surface area contributed by atoms with Gasteiger partial charge in [0.15, 0.2) is 11.5 Å². The van der Waals surface area contributed by atoms with Crippen molar-refractivity contribution in [2.45, 2.75) is 52.2 Å². The summed E-state index contributed by atoms with van der Waals surface area (Å²) in [5, 5.41) is 11.5. The van der Waals surface area contributed by atoms with Gasteiger partial charge in [0.2, 0.25) is 11.8 Å². The normalized spacial score (nSPS) is 12.2. The number of nitrogens with one attached hydrogen (secondary N) is 1. The molecule has 0 radical (unpaired) electrons. The number of ether oxygens (including phenoxy) is 2. The van der Waals surface area contributed by atoms with E-state index in [0.29, 0.717) is 34.7 Å². The fourth-order valence-electron chi connectivity index (χ4n) is 4.31. The third kappa shape index (κ3) is 6.03. The summed E-state index contributed by atoms with van der Waals surface area (Å²) >= 11 is 0. The van der Waals surface area contributed by atoms with Gasteiger partial charge in [-0.1, -0.05) is 48.0 Å². The molecular weight excluding hydrogens is 494 g/mol. The van der Waals surface area contributed by atoms with E-state index in [0.717, 1.165) is 11.1 Å². The molecule has 9 heteroatoms. The number of aryl methyl sites for hydroxylation is 1. The van der Waals surface area contributed by atoms with Gasteiger partial charge in [0.05, 0.1) is 19.7 Å². The molecule has 1 N–H and O–H groups in total. The number of rotatable bonds is 10. The van der Waals surface area contributed by atoms with Crippen LogP contribution in [0.15, 0.2) is 66.7 Å². The number of carbonyl (C=O) groups excluding carboxylic acids is 2. The van der Waals surface area contributed by atoms with Crippen LogP contribution in [0.5, 0.6) is 11.5 Å². The van der Waals surface area contributed by atoms with Gasteiger partial charge in [-0.15, -0.1) is 5.10 Å². The lowest BCUT2D eigenvalue weighted by atomic mass is 9.97. The average molecular weight is 530 g/mol. The molecule has 0 saturated heterocycles. The van der Waals surface area contributed by atoms with Crippen LogP contribution in [0.4, 0.5) is 5.69 Å². The van der Waals surface area contributed by atoms with Crippen molar-refractivity contribution in [2.24, 2.45) is 0 Å². The van der Waals surface area contributed by atoms with Crippen LogP contribution in [0.1, 0.15) is 44.4 Å². The topological polar surface area (TPSA) is 98.6 Å². The van der Waals surface area contributed by atoms with Gasteiger partial charge in [-0.3, -0.25) is 14.5 Å². The second-order valence-electron chi connectivity index (χ2n) is 10.1. The maximum atomic E-state index is 14.2. The highest BCUT2D eigenvalue weighted by Crippen LogP contribution is 2.35. The minimum Gasteiger partial charge on any atom is -0.493 e. The van der Waals surface area contributed by atoms with Crippen molar-refractivity contribution >= 4 is 28.5 Å². The van der Waals surface area contributed by atoms with Crippen molar-refractivity contribution in [1.82, 2.24) is 20.3 Å². The molecule has 4 rings (SSSR count). The van der Waals surface area contributed by atoms with Crippen LogP contribution < -0.4 is 19.7 Å². The Balaban J connectivity index is 1.86. The molecule has 4 aromatic rings. The second-order valence-corrected chi connectivity index (χ2v) is 10.1. The van der Waals surface area contributed by atoms with Crippen LogP contribution >= 0.6 is 0 Å². The van der Waals surface area contributed by atoms with Gasteiger partial charge < -0.3 is 14.8 Å². The Bertz CT molecular complexity index is 1460. The zero-order valence-corrected chi connectivity index (χ0v) is 23.3. The molecule has 0 bridgehead atoms. The summed E-state index contributed by atoms with van der Waals surface area (Å²) in [6, 6.07) is 19.2. The summed E-state index contributed by atoms with van der Waals surface area (Å²) < 4.78 is 12.5. The highest BCUT2D eigenvalue weighted by molar-refractivity contribution is 6.01. The standard InChI is InChI=1S/C30H35N5O4/c1-7-30(3,4)31-29(37)28(21-14-17-25(38-5)26(18-21)39-6)35(22-15-12-20(2)13-16-22)27(36)19-34-24-11-9-8-10-23(24)32-33-34/h8-18,28H,7,19H2,1-6H3,(H,31,37)/t28-/m1/s1. The number of fused-ring (bicyclic) bond motifs is 1. The first kappa shape index (κ1) is 27.6. The average Bonchev–Trinajstić information content (AvgIpc) is 3.34. The lowest BCUT2D eigenvalue weighted by molar-refractivity contribution is -0.128. The minimum absolute atomic E-state index is 0.109. The number of benzene rings is 3. The summed E-state index contributed by atoms with van der Waals surface area (Å²) in [4.78, 5) is 29.8. The van der Waals surface area contributed by atoms with E-state index in [1.54, 1.807) is 30.0 Å². The van der Waals surface area contributed by atoms with Gasteiger partial charge in [0, 0.05) is 11.2 Å². The Kier molecular flexibility index (Phi) is 8.18. The smallest absolute Gasteiger partial charge is 0.249 e. The maximum Gasteiger partial charge on any atom is 0.249 e. The Morgan fingerprint density at radius 3 is 2.36 bits per heavy atom. The Labute approximate surface area is 228 Å². The Morgan fingerprint density at radius 1 is 1.00 bits per heavy atom. The molecule has 1 atom stereocenters. The molecular formula is C30H35N5O4. The molecule has 1 aromatic heterocycles. The number of anilines is 1. The first-order chi connectivity index (χ1) is 18.7. The van der Waals surface area contributed by atoms with Crippen LogP contribution in [0.25, 0.3) is 11.0 Å². The van der Waals surface area contributed by atoms with Gasteiger partial charge in [-0.2, -0.15) is 0 Å². The van der Waals surface area contributed by atoms with Crippen molar-refractivity contribution in [2.75, 3.05) is 19.1 Å². The van der Waals surface area contributed by atoms with E-state index >= 15 is 0 Å². The van der Waals surface area contributed by atoms with Crippen molar-refractivity contribution in [3.05, 3.63) is 77.9 Å². The summed E-state index contributed by atoms with van der Waals surface area (Å²) in [6.45, 7) is 7.78. The van der Waals surface area contributed by atoms with Gasteiger partial charge in [-0.25, -0.2) is 4.68 Å². The van der Waals surface area contributed by atoms with E-state index in [1.807, 2.05) is 76.2 Å². The molecule has 2 amide bonds. The zero-order chi connectivity index (χ0) is 28.2. The molecule has 1 heterocycles. The quantitative estimate of drug-likeness (QED) is 0.316. The molecule has 0 spiro atoms. The van der Waals surface area contributed by atoms with Gasteiger partial charge in [0.25, 0.3) is 0 Å². The number of methoxy groups -OCH3 is 2. The first-order valence-corrected chi connectivity index (χ1v) is 12.9. The van der Waals surface area contributed by atoms with Crippen LogP contribution in [-0.2, 0) is 16.1 Å². The number of aromatic nitrogens is 3. The van der Waals surface area contributed by atoms with Crippen molar-refractivity contribution in [1.29, 1.82) is 0 Å². The number of carbonyl (C=O) groups is 2. The number of amides is 2. The highest BCUT2D eigenvalue weighted by Gasteiger charge is 2.36. The molecule has 0 aliphatic rings. The zero-order valence-electron chi connectivity index (χ0n) is 23.3. The first-order valence-electron chi connectivity index (χ1n) is 12.9. The van der Waals surface area contributed by atoms with Crippen molar-refractivity contribution < 1.29 is 19.1 Å². The number of para-hydroxylation sites is 1. The maximum absolute atomic E-state index is 14.2. The molecule has 0 aliphatic heterocycles. The summed E-state index contributed by atoms with van der Waals surface area (Å²) in [5.74, 6) is 0.350. The van der Waals surface area contributed by atoms with E-state index in [4.69, 9.17) is 9.47 Å². The minimum atomic E-state index is -0.999. The molecule has 0 saturated carbocycles. The Hall–Kier alpha value is -4.40. The van der Waals surface area contributed by atoms with Crippen LogP contribution in [0.3, 0.4) is 0 Å². The largest absolute Gasteiger partial charge is 0.493 e. The molecule has 9 nitrogen and oxygen atoms in total. The van der Waals surface area contributed by atoms with Crippen LogP contribution in [-0.4, -0.2) is 46.6 Å². The molecule has 0 unspecified atom stereocenters. The molecule has 39 heavy (non-hydrogen) atoms. The predicted molar refractivity (Wildman–Crippen MR) is 151 cm³/mol. The van der Waals surface area contributed by atoms with E-state index in [9.17, 15) is 9.59 Å². The molecule has 204 valence electrons. The van der Waals surface area contributed by atoms with Crippen LogP contribution in [0.2, 0.25) is 0 Å². The molecule has 0 fully saturated rings. The van der Waals surface area contributed by atoms with E-state index in [-0.39, 0.29) is 18.4 Å². The van der Waals surface area contributed by atoms with Crippen LogP contribution in [0, 0.1) is 6.92 Å².